The summed E-state index contributed by atoms with van der Waals surface area (Å²) in [6, 6.07) is 1.86. The van der Waals surface area contributed by atoms with Gasteiger partial charge in [0.1, 0.15) is 4.64 Å². The predicted molar refractivity (Wildman–Crippen MR) is 56.4 cm³/mol. The van der Waals surface area contributed by atoms with Crippen molar-refractivity contribution in [3.63, 3.8) is 0 Å². The number of aryl methyl sites for hydroxylation is 1. The zero-order valence-corrected chi connectivity index (χ0v) is 8.56. The van der Waals surface area contributed by atoms with E-state index in [2.05, 4.69) is 26.9 Å². The van der Waals surface area contributed by atoms with Crippen molar-refractivity contribution in [2.75, 3.05) is 0 Å². The maximum atomic E-state index is 5.05. The van der Waals surface area contributed by atoms with Gasteiger partial charge >= 0.3 is 0 Å². The van der Waals surface area contributed by atoms with Gasteiger partial charge in [-0.05, 0) is 12.5 Å². The summed E-state index contributed by atoms with van der Waals surface area (Å²) in [7, 11) is 0. The SMILES string of the molecule is CCc1cc(=S)nc(-c2ncc[nH]2)[nH]1. The first kappa shape index (κ1) is 9.08. The van der Waals surface area contributed by atoms with Gasteiger partial charge in [-0.15, -0.1) is 0 Å². The Morgan fingerprint density at radius 1 is 1.43 bits per heavy atom. The van der Waals surface area contributed by atoms with Gasteiger partial charge < -0.3 is 9.97 Å². The van der Waals surface area contributed by atoms with Crippen LogP contribution in [0.3, 0.4) is 0 Å². The normalized spacial score (nSPS) is 10.4. The van der Waals surface area contributed by atoms with Crippen LogP contribution in [0.5, 0.6) is 0 Å². The average molecular weight is 206 g/mol. The number of imidazole rings is 1. The van der Waals surface area contributed by atoms with Gasteiger partial charge in [0, 0.05) is 18.1 Å². The Bertz CT molecular complexity index is 472. The molecule has 72 valence electrons. The first-order valence-corrected chi connectivity index (χ1v) is 4.80. The van der Waals surface area contributed by atoms with Gasteiger partial charge in [-0.1, -0.05) is 19.1 Å². The Morgan fingerprint density at radius 3 is 2.93 bits per heavy atom. The fourth-order valence-corrected chi connectivity index (χ4v) is 1.44. The van der Waals surface area contributed by atoms with E-state index in [1.54, 1.807) is 12.4 Å². The summed E-state index contributed by atoms with van der Waals surface area (Å²) in [6.07, 6.45) is 4.35. The third-order valence-corrected chi connectivity index (χ3v) is 2.11. The van der Waals surface area contributed by atoms with Crippen LogP contribution >= 0.6 is 12.2 Å². The largest absolute Gasteiger partial charge is 0.342 e. The fourth-order valence-electron chi connectivity index (χ4n) is 1.21. The molecule has 0 bridgehead atoms. The molecular weight excluding hydrogens is 196 g/mol. The van der Waals surface area contributed by atoms with Crippen LogP contribution in [-0.4, -0.2) is 19.9 Å². The molecule has 14 heavy (non-hydrogen) atoms. The summed E-state index contributed by atoms with van der Waals surface area (Å²) in [5.74, 6) is 1.41. The Balaban J connectivity index is 2.54. The molecule has 4 nitrogen and oxygen atoms in total. The van der Waals surface area contributed by atoms with E-state index in [0.717, 1.165) is 12.1 Å². The number of H-pyrrole nitrogens is 2. The number of hydrogen-bond acceptors (Lipinski definition) is 3. The van der Waals surface area contributed by atoms with Crippen molar-refractivity contribution < 1.29 is 0 Å². The molecule has 0 atom stereocenters. The monoisotopic (exact) mass is 206 g/mol. The van der Waals surface area contributed by atoms with E-state index < -0.39 is 0 Å². The summed E-state index contributed by atoms with van der Waals surface area (Å²) in [6.45, 7) is 2.06. The Morgan fingerprint density at radius 2 is 2.29 bits per heavy atom. The molecule has 2 rings (SSSR count). The second-order valence-corrected chi connectivity index (χ2v) is 3.30. The molecule has 0 unspecified atom stereocenters. The first-order chi connectivity index (χ1) is 6.79. The van der Waals surface area contributed by atoms with Crippen LogP contribution in [0.4, 0.5) is 0 Å². The molecule has 0 spiro atoms. The molecule has 5 heteroatoms. The molecule has 0 aliphatic rings. The molecule has 0 radical (unpaired) electrons. The number of nitrogens with zero attached hydrogens (tertiary/aromatic N) is 2. The van der Waals surface area contributed by atoms with Crippen molar-refractivity contribution in [1.29, 1.82) is 0 Å². The average Bonchev–Trinajstić information content (AvgIpc) is 2.69. The van der Waals surface area contributed by atoms with E-state index in [1.807, 2.05) is 6.07 Å². The minimum Gasteiger partial charge on any atom is -0.342 e. The zero-order valence-electron chi connectivity index (χ0n) is 7.74. The standard InChI is InChI=1S/C9H10N4S/c1-2-6-5-7(14)13-9(12-6)8-10-3-4-11-8/h3-5H,2H2,1H3,(H,10,11)(H,12,13,14). The minimum atomic E-state index is 0.590. The van der Waals surface area contributed by atoms with Crippen LogP contribution in [0.2, 0.25) is 0 Å². The van der Waals surface area contributed by atoms with Gasteiger partial charge in [0.2, 0.25) is 0 Å². The van der Waals surface area contributed by atoms with E-state index in [-0.39, 0.29) is 0 Å². The molecule has 0 amide bonds. The smallest absolute Gasteiger partial charge is 0.175 e. The Kier molecular flexibility index (Phi) is 2.41. The molecule has 2 heterocycles. The van der Waals surface area contributed by atoms with Crippen molar-refractivity contribution in [1.82, 2.24) is 19.9 Å². The molecular formula is C9H10N4S. The zero-order chi connectivity index (χ0) is 9.97. The van der Waals surface area contributed by atoms with E-state index in [4.69, 9.17) is 12.2 Å². The van der Waals surface area contributed by atoms with Gasteiger partial charge in [-0.25, -0.2) is 9.97 Å². The van der Waals surface area contributed by atoms with Crippen LogP contribution < -0.4 is 0 Å². The molecule has 2 aromatic heterocycles. The number of nitrogens with one attached hydrogen (secondary N) is 2. The highest BCUT2D eigenvalue weighted by Gasteiger charge is 2.02. The molecule has 2 aromatic rings. The lowest BCUT2D eigenvalue weighted by molar-refractivity contribution is 0.986. The second kappa shape index (κ2) is 3.71. The van der Waals surface area contributed by atoms with Crippen LogP contribution in [0.15, 0.2) is 18.5 Å². The highest BCUT2D eigenvalue weighted by Crippen LogP contribution is 2.09. The Hall–Kier alpha value is -1.49. The van der Waals surface area contributed by atoms with E-state index in [1.165, 1.54) is 0 Å². The molecule has 0 saturated heterocycles. The lowest BCUT2D eigenvalue weighted by atomic mass is 10.3. The number of aromatic nitrogens is 4. The highest BCUT2D eigenvalue weighted by atomic mass is 32.1. The predicted octanol–water partition coefficient (Wildman–Crippen LogP) is 2.09. The number of aromatic amines is 2. The lowest BCUT2D eigenvalue weighted by Crippen LogP contribution is -1.95. The third-order valence-electron chi connectivity index (χ3n) is 1.90. The van der Waals surface area contributed by atoms with E-state index >= 15 is 0 Å². The fraction of sp³-hybridized carbons (Fsp3) is 0.222. The van der Waals surface area contributed by atoms with Crippen LogP contribution in [-0.2, 0) is 6.42 Å². The third kappa shape index (κ3) is 1.72. The topological polar surface area (TPSA) is 57.4 Å². The van der Waals surface area contributed by atoms with Gasteiger partial charge in [0.25, 0.3) is 0 Å². The van der Waals surface area contributed by atoms with Crippen LogP contribution in [0.1, 0.15) is 12.6 Å². The van der Waals surface area contributed by atoms with Crippen molar-refractivity contribution in [3.8, 4) is 11.6 Å². The van der Waals surface area contributed by atoms with Crippen molar-refractivity contribution >= 4 is 12.2 Å². The first-order valence-electron chi connectivity index (χ1n) is 4.39. The summed E-state index contributed by atoms with van der Waals surface area (Å²) >= 11 is 5.05. The maximum Gasteiger partial charge on any atom is 0.175 e. The van der Waals surface area contributed by atoms with Crippen LogP contribution in [0.25, 0.3) is 11.6 Å². The van der Waals surface area contributed by atoms with Gasteiger partial charge in [0.15, 0.2) is 11.6 Å². The molecule has 0 aliphatic carbocycles. The molecule has 0 aromatic carbocycles. The summed E-state index contributed by atoms with van der Waals surface area (Å²) in [4.78, 5) is 14.4. The number of rotatable bonds is 2. The van der Waals surface area contributed by atoms with Crippen molar-refractivity contribution in [3.05, 3.63) is 28.8 Å². The molecule has 0 fully saturated rings. The summed E-state index contributed by atoms with van der Waals surface area (Å²) in [5, 5.41) is 0. The van der Waals surface area contributed by atoms with Crippen LogP contribution in [0, 0.1) is 4.64 Å². The van der Waals surface area contributed by atoms with E-state index in [0.29, 0.717) is 16.3 Å². The maximum absolute atomic E-state index is 5.05. The van der Waals surface area contributed by atoms with Crippen molar-refractivity contribution in [2.24, 2.45) is 0 Å². The quantitative estimate of drug-likeness (QED) is 0.740. The number of hydrogen-bond donors (Lipinski definition) is 2. The molecule has 0 saturated carbocycles. The van der Waals surface area contributed by atoms with Gasteiger partial charge in [-0.2, -0.15) is 0 Å². The molecule has 2 N–H and O–H groups in total. The van der Waals surface area contributed by atoms with Gasteiger partial charge in [0.05, 0.1) is 0 Å². The Labute approximate surface area is 86.4 Å². The summed E-state index contributed by atoms with van der Waals surface area (Å²) < 4.78 is 0.590. The minimum absolute atomic E-state index is 0.590. The summed E-state index contributed by atoms with van der Waals surface area (Å²) in [5.41, 5.74) is 1.07. The van der Waals surface area contributed by atoms with E-state index in [9.17, 15) is 0 Å². The molecule has 0 aliphatic heterocycles. The second-order valence-electron chi connectivity index (χ2n) is 2.88. The lowest BCUT2D eigenvalue weighted by Gasteiger charge is -2.00. The van der Waals surface area contributed by atoms with Crippen molar-refractivity contribution in [2.45, 2.75) is 13.3 Å². The highest BCUT2D eigenvalue weighted by molar-refractivity contribution is 7.71. The van der Waals surface area contributed by atoms with Gasteiger partial charge in [-0.3, -0.25) is 0 Å².